The minimum atomic E-state index is 0.0309. The summed E-state index contributed by atoms with van der Waals surface area (Å²) in [6.45, 7) is 4.01. The molecule has 0 radical (unpaired) electrons. The standard InChI is InChI=1S/C22H32N4O3/c1-26(11-13-27)12-14-29-21-9-5-19(6-10-21)25-22-23-15-18(16-24-22)17-3-7-20(28-2)8-4-17/h3-10,18,22-25,27H,11-16H2,1-2H3. The van der Waals surface area contributed by atoms with Gasteiger partial charge < -0.3 is 24.8 Å². The van der Waals surface area contributed by atoms with Crippen molar-refractivity contribution in [1.82, 2.24) is 15.5 Å². The second kappa shape index (κ2) is 11.0. The molecular weight excluding hydrogens is 368 g/mol. The summed E-state index contributed by atoms with van der Waals surface area (Å²) in [5.74, 6) is 2.16. The lowest BCUT2D eigenvalue weighted by Crippen LogP contribution is -2.55. The number of benzene rings is 2. The zero-order valence-electron chi connectivity index (χ0n) is 17.2. The Bertz CT molecular complexity index is 716. The first-order valence-electron chi connectivity index (χ1n) is 10.1. The van der Waals surface area contributed by atoms with Gasteiger partial charge in [-0.05, 0) is 49.0 Å². The van der Waals surface area contributed by atoms with Crippen LogP contribution in [0.15, 0.2) is 48.5 Å². The summed E-state index contributed by atoms with van der Waals surface area (Å²) in [6, 6.07) is 16.2. The number of hydrogen-bond donors (Lipinski definition) is 4. The zero-order chi connectivity index (χ0) is 20.5. The van der Waals surface area contributed by atoms with Crippen LogP contribution < -0.4 is 25.4 Å². The number of nitrogens with one attached hydrogen (secondary N) is 3. The predicted octanol–water partition coefficient (Wildman–Crippen LogP) is 1.67. The Hall–Kier alpha value is -2.32. The van der Waals surface area contributed by atoms with Crippen molar-refractivity contribution in [2.45, 2.75) is 12.2 Å². The Morgan fingerprint density at radius 2 is 1.66 bits per heavy atom. The Balaban J connectivity index is 1.40. The molecule has 4 N–H and O–H groups in total. The van der Waals surface area contributed by atoms with Gasteiger partial charge in [-0.2, -0.15) is 0 Å². The number of nitrogens with zero attached hydrogens (tertiary/aromatic N) is 1. The zero-order valence-corrected chi connectivity index (χ0v) is 17.2. The molecule has 0 spiro atoms. The lowest BCUT2D eigenvalue weighted by atomic mass is 9.97. The van der Waals surface area contributed by atoms with Gasteiger partial charge in [0.2, 0.25) is 0 Å². The molecular formula is C22H32N4O3. The van der Waals surface area contributed by atoms with Crippen molar-refractivity contribution in [3.8, 4) is 11.5 Å². The summed E-state index contributed by atoms with van der Waals surface area (Å²) in [5.41, 5.74) is 2.33. The number of hydrogen-bond acceptors (Lipinski definition) is 7. The van der Waals surface area contributed by atoms with Gasteiger partial charge in [0.25, 0.3) is 0 Å². The first-order chi connectivity index (χ1) is 14.2. The van der Waals surface area contributed by atoms with Gasteiger partial charge in [-0.15, -0.1) is 0 Å². The van der Waals surface area contributed by atoms with Gasteiger partial charge in [-0.25, -0.2) is 0 Å². The number of likely N-dealkylation sites (N-methyl/N-ethyl adjacent to an activating group) is 1. The van der Waals surface area contributed by atoms with Crippen LogP contribution in [0.2, 0.25) is 0 Å². The quantitative estimate of drug-likeness (QED) is 0.483. The number of ether oxygens (including phenoxy) is 2. The summed E-state index contributed by atoms with van der Waals surface area (Å²) >= 11 is 0. The van der Waals surface area contributed by atoms with E-state index in [0.717, 1.165) is 36.8 Å². The fourth-order valence-corrected chi connectivity index (χ4v) is 3.29. The van der Waals surface area contributed by atoms with E-state index in [0.29, 0.717) is 19.1 Å². The number of rotatable bonds is 10. The smallest absolute Gasteiger partial charge is 0.132 e. The van der Waals surface area contributed by atoms with Gasteiger partial charge in [0.05, 0.1) is 13.7 Å². The van der Waals surface area contributed by atoms with Gasteiger partial charge in [0.1, 0.15) is 24.4 Å². The molecule has 0 aliphatic carbocycles. The molecule has 0 atom stereocenters. The molecule has 1 aliphatic heterocycles. The van der Waals surface area contributed by atoms with E-state index < -0.39 is 0 Å². The monoisotopic (exact) mass is 400 g/mol. The van der Waals surface area contributed by atoms with E-state index in [1.807, 2.05) is 48.3 Å². The van der Waals surface area contributed by atoms with E-state index >= 15 is 0 Å². The number of anilines is 1. The maximum Gasteiger partial charge on any atom is 0.132 e. The van der Waals surface area contributed by atoms with Crippen LogP contribution in [0.3, 0.4) is 0 Å². The minimum Gasteiger partial charge on any atom is -0.497 e. The second-order valence-electron chi connectivity index (χ2n) is 7.26. The van der Waals surface area contributed by atoms with Gasteiger partial charge in [-0.3, -0.25) is 10.6 Å². The number of methoxy groups -OCH3 is 1. The summed E-state index contributed by atoms with van der Waals surface area (Å²) in [5, 5.41) is 19.4. The van der Waals surface area contributed by atoms with E-state index in [2.05, 4.69) is 28.1 Å². The molecule has 2 aromatic rings. The molecule has 158 valence electrons. The van der Waals surface area contributed by atoms with E-state index in [-0.39, 0.29) is 12.9 Å². The maximum atomic E-state index is 8.91. The highest BCUT2D eigenvalue weighted by atomic mass is 16.5. The molecule has 0 amide bonds. The number of aliphatic hydroxyl groups excluding tert-OH is 1. The van der Waals surface area contributed by atoms with Crippen LogP contribution in [0.1, 0.15) is 11.5 Å². The highest BCUT2D eigenvalue weighted by Crippen LogP contribution is 2.21. The van der Waals surface area contributed by atoms with E-state index in [4.69, 9.17) is 14.6 Å². The Labute approximate surface area is 173 Å². The Morgan fingerprint density at radius 1 is 1.00 bits per heavy atom. The molecule has 3 rings (SSSR count). The molecule has 1 heterocycles. The second-order valence-corrected chi connectivity index (χ2v) is 7.26. The topological polar surface area (TPSA) is 78.0 Å². The molecule has 0 aromatic heterocycles. The lowest BCUT2D eigenvalue weighted by molar-refractivity contribution is 0.192. The van der Waals surface area contributed by atoms with Crippen LogP contribution in [0.4, 0.5) is 5.69 Å². The minimum absolute atomic E-state index is 0.0309. The van der Waals surface area contributed by atoms with Crippen molar-refractivity contribution < 1.29 is 14.6 Å². The van der Waals surface area contributed by atoms with Crippen molar-refractivity contribution in [2.24, 2.45) is 0 Å². The van der Waals surface area contributed by atoms with Gasteiger partial charge in [0.15, 0.2) is 0 Å². The van der Waals surface area contributed by atoms with Gasteiger partial charge >= 0.3 is 0 Å². The molecule has 0 bridgehead atoms. The molecule has 7 nitrogen and oxygen atoms in total. The lowest BCUT2D eigenvalue weighted by Gasteiger charge is -2.32. The number of aliphatic hydroxyl groups is 1. The normalized spacial score (nSPS) is 19.2. The van der Waals surface area contributed by atoms with E-state index in [1.165, 1.54) is 5.56 Å². The largest absolute Gasteiger partial charge is 0.497 e. The van der Waals surface area contributed by atoms with Crippen LogP contribution in [0.25, 0.3) is 0 Å². The fraction of sp³-hybridized carbons (Fsp3) is 0.455. The van der Waals surface area contributed by atoms with E-state index in [9.17, 15) is 0 Å². The summed E-state index contributed by atoms with van der Waals surface area (Å²) in [7, 11) is 3.65. The highest BCUT2D eigenvalue weighted by Gasteiger charge is 2.20. The van der Waals surface area contributed by atoms with Crippen molar-refractivity contribution in [3.63, 3.8) is 0 Å². The third-order valence-electron chi connectivity index (χ3n) is 5.11. The predicted molar refractivity (Wildman–Crippen MR) is 116 cm³/mol. The van der Waals surface area contributed by atoms with Crippen molar-refractivity contribution >= 4 is 5.69 Å². The average molecular weight is 401 g/mol. The summed E-state index contributed by atoms with van der Waals surface area (Å²) < 4.78 is 11.0. The van der Waals surface area contributed by atoms with Crippen LogP contribution in [-0.4, -0.2) is 69.8 Å². The van der Waals surface area contributed by atoms with Crippen LogP contribution in [0.5, 0.6) is 11.5 Å². The molecule has 7 heteroatoms. The summed E-state index contributed by atoms with van der Waals surface area (Å²) in [6.07, 6.45) is 0.0309. The SMILES string of the molecule is COc1ccc(C2CNC(Nc3ccc(OCCN(C)CCO)cc3)NC2)cc1. The maximum absolute atomic E-state index is 8.91. The third-order valence-corrected chi connectivity index (χ3v) is 5.11. The van der Waals surface area contributed by atoms with Crippen LogP contribution in [-0.2, 0) is 0 Å². The first kappa shape index (κ1) is 21.4. The van der Waals surface area contributed by atoms with Gasteiger partial charge in [-0.1, -0.05) is 12.1 Å². The highest BCUT2D eigenvalue weighted by molar-refractivity contribution is 5.47. The van der Waals surface area contributed by atoms with Crippen LogP contribution >= 0.6 is 0 Å². The Morgan fingerprint density at radius 3 is 2.28 bits per heavy atom. The summed E-state index contributed by atoms with van der Waals surface area (Å²) in [4.78, 5) is 2.04. The first-order valence-corrected chi connectivity index (χ1v) is 10.1. The molecule has 1 fully saturated rings. The Kier molecular flexibility index (Phi) is 8.13. The molecule has 1 saturated heterocycles. The van der Waals surface area contributed by atoms with Gasteiger partial charge in [0, 0.05) is 37.8 Å². The van der Waals surface area contributed by atoms with Crippen molar-refractivity contribution in [3.05, 3.63) is 54.1 Å². The molecule has 2 aromatic carbocycles. The molecule has 1 aliphatic rings. The van der Waals surface area contributed by atoms with Crippen molar-refractivity contribution in [1.29, 1.82) is 0 Å². The van der Waals surface area contributed by atoms with Crippen molar-refractivity contribution in [2.75, 3.05) is 58.9 Å². The molecule has 0 unspecified atom stereocenters. The third kappa shape index (κ3) is 6.61. The molecule has 29 heavy (non-hydrogen) atoms. The van der Waals surface area contributed by atoms with E-state index in [1.54, 1.807) is 7.11 Å². The fourth-order valence-electron chi connectivity index (χ4n) is 3.29. The molecule has 0 saturated carbocycles. The average Bonchev–Trinajstić information content (AvgIpc) is 2.76. The van der Waals surface area contributed by atoms with Crippen LogP contribution in [0, 0.1) is 0 Å².